The van der Waals surface area contributed by atoms with Gasteiger partial charge in [-0.1, -0.05) is 348 Å². The van der Waals surface area contributed by atoms with Gasteiger partial charge in [0.1, 0.15) is 46.0 Å². The summed E-state index contributed by atoms with van der Waals surface area (Å²) in [6.45, 7) is 5.67. The lowest BCUT2D eigenvalue weighted by Gasteiger charge is -2.48. The minimum Gasteiger partial charge on any atom is -0.459 e. The normalized spacial score (nSPS) is 13.2. The molecule has 0 radical (unpaired) electrons. The van der Waals surface area contributed by atoms with Gasteiger partial charge in [0.15, 0.2) is 0 Å². The summed E-state index contributed by atoms with van der Waals surface area (Å²) >= 11 is 0. The molecule has 8 heterocycles. The predicted octanol–water partition coefficient (Wildman–Crippen LogP) is 24.7. The van der Waals surface area contributed by atoms with Crippen LogP contribution in [0.3, 0.4) is 0 Å². The van der Waals surface area contributed by atoms with Crippen LogP contribution in [-0.4, -0.2) is 29.3 Å². The van der Waals surface area contributed by atoms with Gasteiger partial charge in [-0.25, -0.2) is 0 Å². The zero-order valence-corrected chi connectivity index (χ0v) is 70.9. The van der Waals surface area contributed by atoms with E-state index in [1.165, 1.54) is 21.5 Å². The van der Waals surface area contributed by atoms with Crippen molar-refractivity contribution in [3.05, 3.63) is 418 Å². The third kappa shape index (κ3) is 11.0. The van der Waals surface area contributed by atoms with Gasteiger partial charge in [-0.15, -0.1) is 0 Å². The first-order valence-electron chi connectivity index (χ1n) is 44.7. The van der Waals surface area contributed by atoms with Crippen molar-refractivity contribution in [2.24, 2.45) is 0 Å². The maximum atomic E-state index is 8.59. The molecular weight excluding hydrogens is 1570 g/mol. The highest BCUT2D eigenvalue weighted by molar-refractivity contribution is 7.04. The van der Waals surface area contributed by atoms with E-state index in [-0.39, 0.29) is 6.71 Å². The molecule has 6 aliphatic heterocycles. The van der Waals surface area contributed by atoms with E-state index in [9.17, 15) is 0 Å². The quantitative estimate of drug-likeness (QED) is 0.127. The Bertz CT molecular complexity index is 8040. The minimum atomic E-state index is -0.569. The number of fused-ring (bicyclic) bond motifs is 20. The number of ether oxygens (including phenoxy) is 4. The molecule has 0 fully saturated rings. The summed E-state index contributed by atoms with van der Waals surface area (Å²) < 4.78 is 37.2. The van der Waals surface area contributed by atoms with Crippen molar-refractivity contribution in [1.82, 2.24) is 9.13 Å². The van der Waals surface area contributed by atoms with Gasteiger partial charge in [0.2, 0.25) is 0 Å². The summed E-state index contributed by atoms with van der Waals surface area (Å²) in [5, 5.41) is 4.73. The van der Waals surface area contributed by atoms with Gasteiger partial charge >= 0.3 is 0 Å². The lowest BCUT2D eigenvalue weighted by molar-refractivity contribution is 0.444. The zero-order valence-electron chi connectivity index (χ0n) is 70.9. The number of aromatic nitrogens is 2. The first-order valence-corrected chi connectivity index (χ1v) is 44.7. The monoisotopic (exact) mass is 1650 g/mol. The Kier molecular flexibility index (Phi) is 16.0. The highest BCUT2D eigenvalue weighted by Gasteiger charge is 2.54. The van der Waals surface area contributed by atoms with Gasteiger partial charge in [0, 0.05) is 113 Å². The number of nitrogens with zero attached hydrogens (tertiary/aromatic N) is 4. The molecule has 602 valence electrons. The molecule has 0 saturated carbocycles. The van der Waals surface area contributed by atoms with Crippen LogP contribution in [-0.2, 0) is 5.41 Å². The number of para-hydroxylation sites is 6. The lowest BCUT2D eigenvalue weighted by Crippen LogP contribution is -2.66. The first-order chi connectivity index (χ1) is 63.7. The molecule has 129 heavy (non-hydrogen) atoms. The lowest BCUT2D eigenvalue weighted by atomic mass is 9.29. The molecule has 0 atom stereocenters. The standard InChI is InChI=1S/C118H77B3N4O4/c1-118(2,3)80-66-100-109-101(67-80)125(115-85(76-40-18-8-19-41-76)50-31-51-86(115)77-42-20-9-21-43-77)102-70-106-112-116(110(102)120(109)91-60-58-81(122-95-52-26-22-44-87(95)88-45-23-27-53-96(88)122)68-99(91)124(100)114-83(74-36-14-6-15-37-74)48-30-49-84(114)75-38-16-7-17-39-75)129-108-71-107-111-117(113(108)121(112)92-61-59-82(69-105(92)127-106)123-97-54-28-24-46-89(97)90-47-25-29-55-98(90)123)128-104-63-57-79(73-34-12-5-13-35-73)65-94(104)119(111)93-64-78(56-62-103(93)126-107)72-32-10-4-11-33-72/h4-71H,1-3H3. The van der Waals surface area contributed by atoms with Gasteiger partial charge in [-0.2, -0.15) is 0 Å². The summed E-state index contributed by atoms with van der Waals surface area (Å²) in [6, 6.07) is 152. The minimum absolute atomic E-state index is 0.338. The van der Waals surface area contributed by atoms with E-state index in [2.05, 4.69) is 452 Å². The Hall–Kier alpha value is -16.2. The van der Waals surface area contributed by atoms with E-state index in [0.29, 0.717) is 28.7 Å². The largest absolute Gasteiger partial charge is 0.459 e. The van der Waals surface area contributed by atoms with Crippen molar-refractivity contribution in [1.29, 1.82) is 0 Å². The summed E-state index contributed by atoms with van der Waals surface area (Å²) in [5.74, 6) is 5.65. The van der Waals surface area contributed by atoms with Gasteiger partial charge < -0.3 is 37.9 Å². The molecule has 27 rings (SSSR count). The number of anilines is 6. The Morgan fingerprint density at radius 3 is 1.02 bits per heavy atom. The van der Waals surface area contributed by atoms with E-state index < -0.39 is 18.8 Å². The van der Waals surface area contributed by atoms with E-state index in [4.69, 9.17) is 18.9 Å². The van der Waals surface area contributed by atoms with Crippen LogP contribution in [0.4, 0.5) is 34.1 Å². The Labute approximate surface area is 748 Å². The molecule has 0 saturated heterocycles. The molecule has 11 heteroatoms. The summed E-state index contributed by atoms with van der Waals surface area (Å²) in [4.78, 5) is 5.31. The third-order valence-electron chi connectivity index (χ3n) is 27.9. The van der Waals surface area contributed by atoms with E-state index >= 15 is 0 Å². The summed E-state index contributed by atoms with van der Waals surface area (Å²) in [7, 11) is 0. The topological polar surface area (TPSA) is 53.3 Å². The number of rotatable bonds is 10. The van der Waals surface area contributed by atoms with E-state index in [1.54, 1.807) is 0 Å². The van der Waals surface area contributed by atoms with Crippen molar-refractivity contribution in [3.63, 3.8) is 0 Å². The maximum absolute atomic E-state index is 8.59. The summed E-state index contributed by atoms with van der Waals surface area (Å²) in [5.41, 5.74) is 35.4. The van der Waals surface area contributed by atoms with Crippen LogP contribution in [0.2, 0.25) is 0 Å². The van der Waals surface area contributed by atoms with Crippen molar-refractivity contribution in [2.75, 3.05) is 9.80 Å². The number of benzene rings is 19. The average Bonchev–Trinajstić information content (AvgIpc) is 1.34. The fourth-order valence-corrected chi connectivity index (χ4v) is 22.2. The zero-order chi connectivity index (χ0) is 85.0. The second-order valence-corrected chi connectivity index (χ2v) is 35.9. The van der Waals surface area contributed by atoms with Crippen LogP contribution in [0.5, 0.6) is 46.0 Å². The molecule has 0 N–H and O–H groups in total. The molecule has 8 nitrogen and oxygen atoms in total. The van der Waals surface area contributed by atoms with Gasteiger partial charge in [-0.05, 0) is 155 Å². The molecule has 19 aromatic carbocycles. The van der Waals surface area contributed by atoms with Crippen LogP contribution >= 0.6 is 0 Å². The van der Waals surface area contributed by atoms with Gasteiger partial charge in [-0.3, -0.25) is 0 Å². The molecule has 6 aliphatic rings. The fourth-order valence-electron chi connectivity index (χ4n) is 22.2. The molecule has 0 unspecified atom stereocenters. The van der Waals surface area contributed by atoms with Crippen molar-refractivity contribution in [3.8, 4) is 124 Å². The molecule has 2 aromatic heterocycles. The van der Waals surface area contributed by atoms with Crippen molar-refractivity contribution < 1.29 is 18.9 Å². The van der Waals surface area contributed by atoms with Crippen LogP contribution in [0.15, 0.2) is 413 Å². The first kappa shape index (κ1) is 73.2. The van der Waals surface area contributed by atoms with Crippen LogP contribution in [0.1, 0.15) is 26.3 Å². The highest BCUT2D eigenvalue weighted by Crippen LogP contribution is 2.57. The second kappa shape index (κ2) is 28.1. The van der Waals surface area contributed by atoms with Gasteiger partial charge in [0.25, 0.3) is 20.1 Å². The van der Waals surface area contributed by atoms with Crippen LogP contribution in [0.25, 0.3) is 122 Å². The highest BCUT2D eigenvalue weighted by atomic mass is 16.5. The molecule has 21 aromatic rings. The molecule has 0 bridgehead atoms. The fraction of sp³-hybridized carbons (Fsp3) is 0.0339. The molecular formula is C118H77B3N4O4. The number of hydrogen-bond donors (Lipinski definition) is 0. The average molecular weight is 1650 g/mol. The summed E-state index contributed by atoms with van der Waals surface area (Å²) in [6.07, 6.45) is 0. The predicted molar refractivity (Wildman–Crippen MR) is 536 cm³/mol. The molecule has 0 amide bonds. The Balaban J connectivity index is 0.796. The Morgan fingerprint density at radius 1 is 0.217 bits per heavy atom. The number of hydrogen-bond acceptors (Lipinski definition) is 6. The van der Waals surface area contributed by atoms with Crippen molar-refractivity contribution >= 4 is 147 Å². The van der Waals surface area contributed by atoms with Crippen LogP contribution in [0, 0.1) is 0 Å². The van der Waals surface area contributed by atoms with E-state index in [1.807, 2.05) is 0 Å². The van der Waals surface area contributed by atoms with Crippen LogP contribution < -0.4 is 77.9 Å². The second-order valence-electron chi connectivity index (χ2n) is 35.9. The smallest absolute Gasteiger partial charge is 0.265 e. The molecule has 0 spiro atoms. The van der Waals surface area contributed by atoms with Crippen molar-refractivity contribution in [2.45, 2.75) is 26.2 Å². The Morgan fingerprint density at radius 2 is 0.566 bits per heavy atom. The van der Waals surface area contributed by atoms with Gasteiger partial charge in [0.05, 0.1) is 33.4 Å². The molecule has 0 aliphatic carbocycles. The SMILES string of the molecule is CC(C)(C)c1cc2c3c(c1)N(c1c(-c4ccccc4)cccc1-c1ccccc1)c1cc4c5c(c1B3c1ccc(-n3c6ccccc6c6ccccc63)cc1N2c1c(-c2ccccc2)cccc1-c1ccccc1)Oc1cc2c3c(c1B5c1ccc(-n5c6ccccc6c6ccccc65)cc1O4)Oc1ccc(-c4ccccc4)cc1B3c1cc(-c3ccccc3)ccc1O2. The van der Waals surface area contributed by atoms with E-state index in [0.717, 1.165) is 206 Å². The third-order valence-corrected chi connectivity index (χ3v) is 27.9. The maximum Gasteiger partial charge on any atom is 0.265 e.